The Balaban J connectivity index is 2.56. The van der Waals surface area contributed by atoms with Crippen LogP contribution in [0, 0.1) is 19.3 Å². The Labute approximate surface area is 99.1 Å². The Kier molecular flexibility index (Phi) is 4.37. The number of nitrogens with one attached hydrogen (secondary N) is 2. The van der Waals surface area contributed by atoms with E-state index in [1.807, 2.05) is 32.0 Å². The van der Waals surface area contributed by atoms with Crippen LogP contribution in [0.15, 0.2) is 18.2 Å². The monoisotopic (exact) mass is 237 g/mol. The van der Waals surface area contributed by atoms with E-state index < -0.39 is 0 Å². The number of hydrogen-bond acceptors (Lipinski definition) is 3. The highest BCUT2D eigenvalue weighted by atomic mass is 32.2. The van der Waals surface area contributed by atoms with Crippen molar-refractivity contribution < 1.29 is 4.79 Å². The third-order valence-corrected chi connectivity index (χ3v) is 2.87. The first-order chi connectivity index (χ1) is 7.49. The molecule has 0 atom stereocenters. The summed E-state index contributed by atoms with van der Waals surface area (Å²) in [7, 11) is 0. The average molecular weight is 237 g/mol. The molecule has 86 valence electrons. The van der Waals surface area contributed by atoms with E-state index in [0.29, 0.717) is 0 Å². The third-order valence-electron chi connectivity index (χ3n) is 2.15. The Morgan fingerprint density at radius 1 is 1.44 bits per heavy atom. The van der Waals surface area contributed by atoms with Crippen molar-refractivity contribution >= 4 is 28.5 Å². The molecular formula is C11H15N3OS. The summed E-state index contributed by atoms with van der Waals surface area (Å²) in [6.45, 7) is 4.02. The molecule has 1 aromatic carbocycles. The molecule has 0 fully saturated rings. The maximum absolute atomic E-state index is 11.4. The number of aryl methyl sites for hydroxylation is 2. The normalized spacial score (nSPS) is 9.88. The van der Waals surface area contributed by atoms with E-state index in [4.69, 9.17) is 11.1 Å². The minimum absolute atomic E-state index is 0.0461. The highest BCUT2D eigenvalue weighted by Gasteiger charge is 2.04. The van der Waals surface area contributed by atoms with Gasteiger partial charge in [-0.1, -0.05) is 17.8 Å². The van der Waals surface area contributed by atoms with Crippen molar-refractivity contribution in [1.82, 2.24) is 0 Å². The second-order valence-corrected chi connectivity index (χ2v) is 4.52. The van der Waals surface area contributed by atoms with Gasteiger partial charge < -0.3 is 11.1 Å². The van der Waals surface area contributed by atoms with Crippen LogP contribution in [0.4, 0.5) is 5.69 Å². The molecule has 4 N–H and O–H groups in total. The van der Waals surface area contributed by atoms with E-state index >= 15 is 0 Å². The summed E-state index contributed by atoms with van der Waals surface area (Å²) in [4.78, 5) is 11.4. The van der Waals surface area contributed by atoms with Gasteiger partial charge in [-0.3, -0.25) is 10.2 Å². The molecule has 0 bridgehead atoms. The first-order valence-electron chi connectivity index (χ1n) is 4.83. The molecule has 0 aliphatic rings. The number of amidine groups is 1. The highest BCUT2D eigenvalue weighted by Crippen LogP contribution is 2.14. The summed E-state index contributed by atoms with van der Waals surface area (Å²) < 4.78 is 0. The second-order valence-electron chi connectivity index (χ2n) is 3.50. The lowest BCUT2D eigenvalue weighted by atomic mass is 10.1. The van der Waals surface area contributed by atoms with Crippen molar-refractivity contribution in [2.45, 2.75) is 13.8 Å². The van der Waals surface area contributed by atoms with Crippen LogP contribution < -0.4 is 11.1 Å². The molecule has 0 aliphatic heterocycles. The summed E-state index contributed by atoms with van der Waals surface area (Å²) in [5, 5.41) is 9.70. The molecule has 0 aliphatic carbocycles. The van der Waals surface area contributed by atoms with Gasteiger partial charge in [0, 0.05) is 5.69 Å². The number of anilines is 1. The molecule has 0 saturated heterocycles. The standard InChI is InChI=1S/C11H15N3OS/c1-7-3-4-9(5-8(7)2)14-10(15)6-16-11(12)13/h3-5H,6H2,1-2H3,(H3,12,13)(H,14,15). The van der Waals surface area contributed by atoms with Gasteiger partial charge in [0.2, 0.25) is 5.91 Å². The van der Waals surface area contributed by atoms with Gasteiger partial charge in [-0.15, -0.1) is 0 Å². The van der Waals surface area contributed by atoms with Gasteiger partial charge in [-0.25, -0.2) is 0 Å². The van der Waals surface area contributed by atoms with Crippen molar-refractivity contribution in [3.05, 3.63) is 29.3 Å². The van der Waals surface area contributed by atoms with Gasteiger partial charge in [0.25, 0.3) is 0 Å². The predicted molar refractivity (Wildman–Crippen MR) is 68.9 cm³/mol. The SMILES string of the molecule is Cc1ccc(NC(=O)CSC(=N)N)cc1C. The first-order valence-corrected chi connectivity index (χ1v) is 5.81. The van der Waals surface area contributed by atoms with Gasteiger partial charge in [0.1, 0.15) is 0 Å². The fourth-order valence-electron chi connectivity index (χ4n) is 1.16. The Morgan fingerprint density at radius 2 is 2.12 bits per heavy atom. The van der Waals surface area contributed by atoms with E-state index in [1.165, 1.54) is 5.56 Å². The van der Waals surface area contributed by atoms with Gasteiger partial charge in [-0.2, -0.15) is 0 Å². The zero-order chi connectivity index (χ0) is 12.1. The smallest absolute Gasteiger partial charge is 0.234 e. The van der Waals surface area contributed by atoms with Crippen molar-refractivity contribution in [1.29, 1.82) is 5.41 Å². The van der Waals surface area contributed by atoms with E-state index in [-0.39, 0.29) is 16.8 Å². The predicted octanol–water partition coefficient (Wildman–Crippen LogP) is 1.87. The average Bonchev–Trinajstić information content (AvgIpc) is 2.21. The lowest BCUT2D eigenvalue weighted by molar-refractivity contribution is -0.113. The highest BCUT2D eigenvalue weighted by molar-refractivity contribution is 8.14. The largest absolute Gasteiger partial charge is 0.379 e. The van der Waals surface area contributed by atoms with Crippen LogP contribution in [-0.2, 0) is 4.79 Å². The minimum atomic E-state index is -0.150. The zero-order valence-corrected chi connectivity index (χ0v) is 10.1. The van der Waals surface area contributed by atoms with Crippen LogP contribution in [0.3, 0.4) is 0 Å². The Morgan fingerprint density at radius 3 is 2.69 bits per heavy atom. The summed E-state index contributed by atoms with van der Waals surface area (Å²) >= 11 is 1.02. The number of amides is 1. The summed E-state index contributed by atoms with van der Waals surface area (Å²) in [5.74, 6) is 0.0193. The van der Waals surface area contributed by atoms with Crippen molar-refractivity contribution in [2.75, 3.05) is 11.1 Å². The summed E-state index contributed by atoms with van der Waals surface area (Å²) in [6, 6.07) is 5.74. The fourth-order valence-corrected chi connectivity index (χ4v) is 1.52. The van der Waals surface area contributed by atoms with Crippen molar-refractivity contribution in [3.8, 4) is 0 Å². The topological polar surface area (TPSA) is 79.0 Å². The van der Waals surface area contributed by atoms with Crippen LogP contribution in [0.5, 0.6) is 0 Å². The molecule has 5 heteroatoms. The van der Waals surface area contributed by atoms with Gasteiger partial charge in [0.05, 0.1) is 5.75 Å². The quantitative estimate of drug-likeness (QED) is 0.554. The third kappa shape index (κ3) is 3.94. The molecule has 1 amide bonds. The molecule has 0 saturated carbocycles. The van der Waals surface area contributed by atoms with E-state index in [1.54, 1.807) is 0 Å². The fraction of sp³-hybridized carbons (Fsp3) is 0.273. The maximum Gasteiger partial charge on any atom is 0.234 e. The number of carbonyl (C=O) groups is 1. The van der Waals surface area contributed by atoms with Crippen molar-refractivity contribution in [2.24, 2.45) is 5.73 Å². The summed E-state index contributed by atoms with van der Waals surface area (Å²) in [5.41, 5.74) is 8.25. The molecule has 1 aromatic rings. The van der Waals surface area contributed by atoms with Gasteiger partial charge in [0.15, 0.2) is 5.17 Å². The Bertz CT molecular complexity index is 418. The maximum atomic E-state index is 11.4. The van der Waals surface area contributed by atoms with Gasteiger partial charge >= 0.3 is 0 Å². The van der Waals surface area contributed by atoms with Crippen LogP contribution in [0.1, 0.15) is 11.1 Å². The minimum Gasteiger partial charge on any atom is -0.379 e. The molecular weight excluding hydrogens is 222 g/mol. The van der Waals surface area contributed by atoms with Crippen LogP contribution in [0.25, 0.3) is 0 Å². The molecule has 4 nitrogen and oxygen atoms in total. The number of benzene rings is 1. The molecule has 0 aromatic heterocycles. The molecule has 0 unspecified atom stereocenters. The van der Waals surface area contributed by atoms with Gasteiger partial charge in [-0.05, 0) is 37.1 Å². The molecule has 1 rings (SSSR count). The lowest BCUT2D eigenvalue weighted by Gasteiger charge is -2.07. The first kappa shape index (κ1) is 12.6. The lowest BCUT2D eigenvalue weighted by Crippen LogP contribution is -2.17. The van der Waals surface area contributed by atoms with E-state index in [2.05, 4.69) is 5.32 Å². The molecule has 0 radical (unpaired) electrons. The Hall–Kier alpha value is -1.49. The second kappa shape index (κ2) is 5.55. The number of thioether (sulfide) groups is 1. The van der Waals surface area contributed by atoms with Crippen LogP contribution in [-0.4, -0.2) is 16.8 Å². The number of rotatable bonds is 3. The zero-order valence-electron chi connectivity index (χ0n) is 9.33. The van der Waals surface area contributed by atoms with Crippen LogP contribution in [0.2, 0.25) is 0 Å². The molecule has 0 heterocycles. The van der Waals surface area contributed by atoms with Crippen molar-refractivity contribution in [3.63, 3.8) is 0 Å². The number of nitrogens with two attached hydrogens (primary N) is 1. The number of hydrogen-bond donors (Lipinski definition) is 3. The molecule has 0 spiro atoms. The van der Waals surface area contributed by atoms with Crippen LogP contribution >= 0.6 is 11.8 Å². The molecule has 16 heavy (non-hydrogen) atoms. The summed E-state index contributed by atoms with van der Waals surface area (Å²) in [6.07, 6.45) is 0. The number of carbonyl (C=O) groups excluding carboxylic acids is 1. The van der Waals surface area contributed by atoms with E-state index in [9.17, 15) is 4.79 Å². The van der Waals surface area contributed by atoms with E-state index in [0.717, 1.165) is 23.0 Å².